The van der Waals surface area contributed by atoms with Crippen LogP contribution in [-0.4, -0.2) is 52.5 Å². The average Bonchev–Trinajstić information content (AvgIpc) is 3.26. The van der Waals surface area contributed by atoms with Crippen LogP contribution in [0.5, 0.6) is 5.75 Å². The zero-order valence-electron chi connectivity index (χ0n) is 21.3. The minimum Gasteiger partial charge on any atom is -0.486 e. The fourth-order valence-corrected chi connectivity index (χ4v) is 4.61. The maximum Gasteiger partial charge on any atom is 0.304 e. The second-order valence-corrected chi connectivity index (χ2v) is 9.72. The number of carboxylic acid groups (broad SMARTS) is 1. The predicted molar refractivity (Wildman–Crippen MR) is 140 cm³/mol. The van der Waals surface area contributed by atoms with Gasteiger partial charge < -0.3 is 14.6 Å². The van der Waals surface area contributed by atoms with Gasteiger partial charge in [0.2, 0.25) is 0 Å². The number of rotatable bonds is 10. The van der Waals surface area contributed by atoms with Crippen molar-refractivity contribution in [2.45, 2.75) is 52.2 Å². The first-order chi connectivity index (χ1) is 17.4. The van der Waals surface area contributed by atoms with Crippen molar-refractivity contribution in [1.29, 1.82) is 0 Å². The van der Waals surface area contributed by atoms with Gasteiger partial charge in [0, 0.05) is 25.0 Å². The topological polar surface area (TPSA) is 87.7 Å². The van der Waals surface area contributed by atoms with Crippen LogP contribution >= 0.6 is 0 Å². The first-order valence-corrected chi connectivity index (χ1v) is 12.6. The number of nitrogens with zero attached hydrogens (tertiary/aromatic N) is 2. The summed E-state index contributed by atoms with van der Waals surface area (Å²) in [5, 5.41) is 18.2. The van der Waals surface area contributed by atoms with Crippen LogP contribution < -0.4 is 4.74 Å². The number of benzene rings is 2. The third-order valence-electron chi connectivity index (χ3n) is 6.46. The maximum atomic E-state index is 11.2. The fraction of sp³-hybridized carbons (Fsp3) is 0.448. The molecule has 1 aromatic heterocycles. The molecule has 2 N–H and O–H groups in total. The molecule has 0 radical (unpaired) electrons. The molecular formula is C29H35N3O4. The van der Waals surface area contributed by atoms with E-state index in [0.29, 0.717) is 5.92 Å². The lowest BCUT2D eigenvalue weighted by Gasteiger charge is -2.26. The third kappa shape index (κ3) is 6.66. The highest BCUT2D eigenvalue weighted by Gasteiger charge is 2.20. The van der Waals surface area contributed by atoms with E-state index in [1.165, 1.54) is 0 Å². The molecular weight excluding hydrogens is 454 g/mol. The van der Waals surface area contributed by atoms with Crippen molar-refractivity contribution >= 4 is 16.9 Å². The quantitative estimate of drug-likeness (QED) is 0.383. The van der Waals surface area contributed by atoms with Crippen LogP contribution in [0.1, 0.15) is 62.5 Å². The monoisotopic (exact) mass is 489 g/mol. The van der Waals surface area contributed by atoms with Gasteiger partial charge in [0.25, 0.3) is 0 Å². The number of fused-ring (bicyclic) bond motifs is 1. The number of H-pyrrole nitrogens is 1. The molecule has 1 aliphatic heterocycles. The molecule has 7 nitrogen and oxygen atoms in total. The Kier molecular flexibility index (Phi) is 8.63. The summed E-state index contributed by atoms with van der Waals surface area (Å²) in [5.74, 6) is 5.84. The van der Waals surface area contributed by atoms with E-state index in [9.17, 15) is 9.90 Å². The number of aromatic nitrogens is 2. The average molecular weight is 490 g/mol. The van der Waals surface area contributed by atoms with Crippen LogP contribution in [0, 0.1) is 17.8 Å². The highest BCUT2D eigenvalue weighted by molar-refractivity contribution is 5.82. The summed E-state index contributed by atoms with van der Waals surface area (Å²) in [6.45, 7) is 10.4. The molecule has 2 heterocycles. The predicted octanol–water partition coefficient (Wildman–Crippen LogP) is 5.14. The number of morpholine rings is 1. The van der Waals surface area contributed by atoms with Gasteiger partial charge in [-0.05, 0) is 48.6 Å². The van der Waals surface area contributed by atoms with Crippen LogP contribution in [0.15, 0.2) is 42.5 Å². The lowest BCUT2D eigenvalue weighted by molar-refractivity contribution is -0.137. The molecule has 1 saturated heterocycles. The number of aromatic amines is 1. The number of carbonyl (C=O) groups is 1. The molecule has 0 aliphatic carbocycles. The van der Waals surface area contributed by atoms with Crippen LogP contribution in [0.2, 0.25) is 0 Å². The van der Waals surface area contributed by atoms with Gasteiger partial charge in [-0.1, -0.05) is 44.0 Å². The summed E-state index contributed by atoms with van der Waals surface area (Å²) in [6.07, 6.45) is 0.722. The van der Waals surface area contributed by atoms with Gasteiger partial charge in [0.05, 0.1) is 36.8 Å². The molecule has 7 heteroatoms. The van der Waals surface area contributed by atoms with Crippen molar-refractivity contribution in [3.8, 4) is 17.6 Å². The molecule has 0 amide bonds. The summed E-state index contributed by atoms with van der Waals surface area (Å²) < 4.78 is 11.9. The van der Waals surface area contributed by atoms with Crippen molar-refractivity contribution in [2.24, 2.45) is 5.92 Å². The highest BCUT2D eigenvalue weighted by Crippen LogP contribution is 2.31. The van der Waals surface area contributed by atoms with Crippen molar-refractivity contribution < 1.29 is 19.4 Å². The van der Waals surface area contributed by atoms with Gasteiger partial charge >= 0.3 is 5.97 Å². The minimum atomic E-state index is -0.859. The number of ether oxygens (including phenoxy) is 2. The van der Waals surface area contributed by atoms with Crippen LogP contribution in [0.4, 0.5) is 0 Å². The first-order valence-electron chi connectivity index (χ1n) is 12.6. The number of hydrogen-bond donors (Lipinski definition) is 2. The molecule has 0 saturated carbocycles. The summed E-state index contributed by atoms with van der Waals surface area (Å²) in [6, 6.07) is 14.0. The molecule has 4 rings (SSSR count). The summed E-state index contributed by atoms with van der Waals surface area (Å²) in [7, 11) is 0. The van der Waals surface area contributed by atoms with Gasteiger partial charge in [0.15, 0.2) is 0 Å². The Bertz CT molecular complexity index is 1220. The van der Waals surface area contributed by atoms with Crippen molar-refractivity contribution in [1.82, 2.24) is 15.1 Å². The highest BCUT2D eigenvalue weighted by atomic mass is 16.5. The Morgan fingerprint density at radius 1 is 1.17 bits per heavy atom. The van der Waals surface area contributed by atoms with Gasteiger partial charge in [-0.15, -0.1) is 5.92 Å². The second kappa shape index (κ2) is 12.1. The molecule has 3 aromatic rings. The van der Waals surface area contributed by atoms with Crippen molar-refractivity contribution in [3.63, 3.8) is 0 Å². The molecule has 1 aliphatic rings. The number of hydrogen-bond acceptors (Lipinski definition) is 5. The van der Waals surface area contributed by atoms with E-state index in [0.717, 1.165) is 72.7 Å². The van der Waals surface area contributed by atoms with Crippen LogP contribution in [-0.2, 0) is 16.1 Å². The molecule has 190 valence electrons. The second-order valence-electron chi connectivity index (χ2n) is 9.72. The Labute approximate surface area is 212 Å². The van der Waals surface area contributed by atoms with E-state index in [1.54, 1.807) is 6.92 Å². The third-order valence-corrected chi connectivity index (χ3v) is 6.46. The molecule has 2 aromatic carbocycles. The minimum absolute atomic E-state index is 0.0196. The molecule has 2 atom stereocenters. The van der Waals surface area contributed by atoms with Crippen LogP contribution in [0.25, 0.3) is 10.9 Å². The zero-order chi connectivity index (χ0) is 25.5. The number of nitrogens with one attached hydrogen (secondary N) is 1. The molecule has 36 heavy (non-hydrogen) atoms. The Balaban J connectivity index is 1.52. The number of carboxylic acids is 1. The first kappa shape index (κ1) is 25.7. The molecule has 2 unspecified atom stereocenters. The fourth-order valence-electron chi connectivity index (χ4n) is 4.61. The SMILES string of the molecule is CC#CC(CC(=O)O)c1ccc(OC(CC(C)C)c2ccc3c(CN4CCOCC4)[nH]nc3c2)cc1. The maximum absolute atomic E-state index is 11.2. The van der Waals surface area contributed by atoms with E-state index in [1.807, 2.05) is 24.3 Å². The van der Waals surface area contributed by atoms with Gasteiger partial charge in [-0.3, -0.25) is 14.8 Å². The van der Waals surface area contributed by atoms with Gasteiger partial charge in [-0.25, -0.2) is 0 Å². The lowest BCUT2D eigenvalue weighted by Crippen LogP contribution is -2.35. The standard InChI is InChI=1S/C29H35N3O4/c1-4-5-22(18-29(33)34)21-6-9-24(10-7-21)36-28(16-20(2)3)23-8-11-25-26(17-23)30-31-27(25)19-32-12-14-35-15-13-32/h6-11,17,20,22,28H,12-16,18-19H2,1-3H3,(H,30,31)(H,33,34). The Morgan fingerprint density at radius 3 is 2.56 bits per heavy atom. The molecule has 0 spiro atoms. The summed E-state index contributed by atoms with van der Waals surface area (Å²) in [5.41, 5.74) is 4.04. The van der Waals surface area contributed by atoms with Crippen LogP contribution in [0.3, 0.4) is 0 Å². The summed E-state index contributed by atoms with van der Waals surface area (Å²) >= 11 is 0. The Hall–Kier alpha value is -3.34. The van der Waals surface area contributed by atoms with Gasteiger partial charge in [-0.2, -0.15) is 5.10 Å². The van der Waals surface area contributed by atoms with Crippen molar-refractivity contribution in [2.75, 3.05) is 26.3 Å². The largest absolute Gasteiger partial charge is 0.486 e. The van der Waals surface area contributed by atoms with E-state index in [-0.39, 0.29) is 18.4 Å². The number of aliphatic carboxylic acids is 1. The smallest absolute Gasteiger partial charge is 0.304 e. The van der Waals surface area contributed by atoms with Crippen molar-refractivity contribution in [3.05, 3.63) is 59.3 Å². The normalized spacial score (nSPS) is 15.9. The van der Waals surface area contributed by atoms with E-state index in [4.69, 9.17) is 9.47 Å². The summed E-state index contributed by atoms with van der Waals surface area (Å²) in [4.78, 5) is 13.6. The van der Waals surface area contributed by atoms with Gasteiger partial charge in [0.1, 0.15) is 11.9 Å². The van der Waals surface area contributed by atoms with E-state index in [2.05, 4.69) is 59.0 Å². The lowest BCUT2D eigenvalue weighted by atomic mass is 9.96. The molecule has 0 bridgehead atoms. The van der Waals surface area contributed by atoms with E-state index >= 15 is 0 Å². The molecule has 1 fully saturated rings. The van der Waals surface area contributed by atoms with E-state index < -0.39 is 5.97 Å². The zero-order valence-corrected chi connectivity index (χ0v) is 21.3. The Morgan fingerprint density at radius 2 is 1.89 bits per heavy atom.